The number of rotatable bonds is 6. The van der Waals surface area contributed by atoms with Crippen LogP contribution >= 0.6 is 11.3 Å². The Balaban J connectivity index is 1.75. The molecule has 2 aromatic heterocycles. The lowest BCUT2D eigenvalue weighted by Gasteiger charge is -2.08. The van der Waals surface area contributed by atoms with E-state index in [0.717, 1.165) is 28.3 Å². The van der Waals surface area contributed by atoms with Crippen molar-refractivity contribution in [2.24, 2.45) is 5.14 Å². The smallest absolute Gasteiger partial charge is 0.240 e. The summed E-state index contributed by atoms with van der Waals surface area (Å²) in [5.41, 5.74) is 1.53. The molecule has 0 saturated carbocycles. The largest absolute Gasteiger partial charge is 0.255 e. The first kappa shape index (κ1) is 18.7. The maximum atomic E-state index is 12.4. The summed E-state index contributed by atoms with van der Waals surface area (Å²) in [6.45, 7) is 0.0835. The van der Waals surface area contributed by atoms with E-state index in [2.05, 4.69) is 9.71 Å². The zero-order valence-corrected chi connectivity index (χ0v) is 15.8. The molecule has 3 rings (SSSR count). The molecular formula is C16H15N3O4S3. The van der Waals surface area contributed by atoms with E-state index >= 15 is 0 Å². The molecule has 0 aliphatic rings. The predicted molar refractivity (Wildman–Crippen MR) is 99.4 cm³/mol. The van der Waals surface area contributed by atoms with E-state index in [9.17, 15) is 16.8 Å². The molecule has 0 aliphatic carbocycles. The summed E-state index contributed by atoms with van der Waals surface area (Å²) in [5, 5.41) is 6.95. The lowest BCUT2D eigenvalue weighted by atomic mass is 10.2. The second-order valence-corrected chi connectivity index (χ2v) is 9.64. The van der Waals surface area contributed by atoms with Gasteiger partial charge >= 0.3 is 0 Å². The van der Waals surface area contributed by atoms with Gasteiger partial charge in [-0.1, -0.05) is 6.07 Å². The number of thiophene rings is 1. The molecule has 0 saturated heterocycles. The number of nitrogens with zero attached hydrogens (tertiary/aromatic N) is 1. The second kappa shape index (κ2) is 7.25. The van der Waals surface area contributed by atoms with Gasteiger partial charge in [0.15, 0.2) is 0 Å². The fourth-order valence-electron chi connectivity index (χ4n) is 2.21. The van der Waals surface area contributed by atoms with Crippen LogP contribution in [0.2, 0.25) is 0 Å². The average Bonchev–Trinajstić information content (AvgIpc) is 3.14. The molecule has 0 spiro atoms. The number of benzene rings is 1. The highest BCUT2D eigenvalue weighted by Gasteiger charge is 2.16. The Kier molecular flexibility index (Phi) is 5.21. The Bertz CT molecular complexity index is 1110. The van der Waals surface area contributed by atoms with Crippen LogP contribution in [0.25, 0.3) is 10.6 Å². The van der Waals surface area contributed by atoms with Gasteiger partial charge in [0, 0.05) is 12.7 Å². The third-order valence-electron chi connectivity index (χ3n) is 3.53. The monoisotopic (exact) mass is 409 g/mol. The first-order chi connectivity index (χ1) is 12.3. The first-order valence-corrected chi connectivity index (χ1v) is 11.3. The van der Waals surface area contributed by atoms with Gasteiger partial charge in [-0.25, -0.2) is 26.7 Å². The molecule has 3 aromatic rings. The summed E-state index contributed by atoms with van der Waals surface area (Å²) in [4.78, 5) is 5.08. The number of nitrogens with one attached hydrogen (secondary N) is 1. The van der Waals surface area contributed by atoms with Crippen molar-refractivity contribution in [2.45, 2.75) is 16.3 Å². The van der Waals surface area contributed by atoms with Crippen LogP contribution < -0.4 is 9.86 Å². The molecule has 0 atom stereocenters. The zero-order valence-electron chi connectivity index (χ0n) is 13.4. The highest BCUT2D eigenvalue weighted by atomic mass is 32.2. The van der Waals surface area contributed by atoms with Gasteiger partial charge in [-0.3, -0.25) is 4.98 Å². The van der Waals surface area contributed by atoms with Crippen molar-refractivity contribution in [3.63, 3.8) is 0 Å². The molecule has 7 nitrogen and oxygen atoms in total. The minimum Gasteiger partial charge on any atom is -0.255 e. The highest BCUT2D eigenvalue weighted by Crippen LogP contribution is 2.23. The van der Waals surface area contributed by atoms with Crippen LogP contribution in [0.3, 0.4) is 0 Å². The Morgan fingerprint density at radius 3 is 2.31 bits per heavy atom. The Morgan fingerprint density at radius 2 is 1.69 bits per heavy atom. The molecule has 0 aliphatic heterocycles. The number of hydrogen-bond donors (Lipinski definition) is 2. The number of sulfonamides is 2. The quantitative estimate of drug-likeness (QED) is 0.645. The van der Waals surface area contributed by atoms with E-state index in [1.165, 1.54) is 12.1 Å². The van der Waals surface area contributed by atoms with E-state index in [-0.39, 0.29) is 16.3 Å². The fraction of sp³-hybridized carbons (Fsp3) is 0.0625. The molecule has 0 bridgehead atoms. The van der Waals surface area contributed by atoms with E-state index in [1.54, 1.807) is 23.6 Å². The van der Waals surface area contributed by atoms with Crippen LogP contribution in [0.5, 0.6) is 0 Å². The SMILES string of the molecule is NS(=O)(=O)c1ccc(S(=O)(=O)NCc2ccnc(-c3cccs3)c2)cc1. The molecule has 0 amide bonds. The van der Waals surface area contributed by atoms with E-state index in [1.807, 2.05) is 23.6 Å². The summed E-state index contributed by atoms with van der Waals surface area (Å²) in [6.07, 6.45) is 1.62. The van der Waals surface area contributed by atoms with E-state index in [0.29, 0.717) is 0 Å². The van der Waals surface area contributed by atoms with Gasteiger partial charge in [-0.15, -0.1) is 11.3 Å². The van der Waals surface area contributed by atoms with Crippen molar-refractivity contribution >= 4 is 31.4 Å². The van der Waals surface area contributed by atoms with Gasteiger partial charge in [0.2, 0.25) is 20.0 Å². The van der Waals surface area contributed by atoms with Crippen LogP contribution in [-0.2, 0) is 26.6 Å². The van der Waals surface area contributed by atoms with Gasteiger partial charge in [0.25, 0.3) is 0 Å². The normalized spacial score (nSPS) is 12.2. The van der Waals surface area contributed by atoms with Gasteiger partial charge in [-0.05, 0) is 53.4 Å². The minimum atomic E-state index is -3.87. The Morgan fingerprint density at radius 1 is 1.00 bits per heavy atom. The lowest BCUT2D eigenvalue weighted by Crippen LogP contribution is -2.23. The van der Waals surface area contributed by atoms with Crippen molar-refractivity contribution in [3.05, 3.63) is 65.7 Å². The van der Waals surface area contributed by atoms with Crippen molar-refractivity contribution in [1.82, 2.24) is 9.71 Å². The van der Waals surface area contributed by atoms with Crippen LogP contribution in [0.15, 0.2) is 69.9 Å². The van der Waals surface area contributed by atoms with E-state index in [4.69, 9.17) is 5.14 Å². The van der Waals surface area contributed by atoms with Crippen molar-refractivity contribution in [3.8, 4) is 10.6 Å². The fourth-order valence-corrected chi connectivity index (χ4v) is 4.44. The van der Waals surface area contributed by atoms with Crippen LogP contribution in [0.1, 0.15) is 5.56 Å². The standard InChI is InChI=1S/C16H15N3O4S3/c17-25(20,21)13-3-5-14(6-4-13)26(22,23)19-11-12-7-8-18-15(10-12)16-2-1-9-24-16/h1-10,19H,11H2,(H2,17,20,21). The molecule has 0 unspecified atom stereocenters. The summed E-state index contributed by atoms with van der Waals surface area (Å²) in [5.74, 6) is 0. The molecule has 3 N–H and O–H groups in total. The molecule has 26 heavy (non-hydrogen) atoms. The third kappa shape index (κ3) is 4.34. The highest BCUT2D eigenvalue weighted by molar-refractivity contribution is 7.89. The second-order valence-electron chi connectivity index (χ2n) is 5.37. The maximum Gasteiger partial charge on any atom is 0.240 e. The molecule has 136 valence electrons. The van der Waals surface area contributed by atoms with Gasteiger partial charge in [0.1, 0.15) is 0 Å². The average molecular weight is 410 g/mol. The van der Waals surface area contributed by atoms with Crippen LogP contribution in [0.4, 0.5) is 0 Å². The van der Waals surface area contributed by atoms with Crippen molar-refractivity contribution < 1.29 is 16.8 Å². The zero-order chi connectivity index (χ0) is 18.8. The summed E-state index contributed by atoms with van der Waals surface area (Å²) in [7, 11) is -7.66. The Hall–Kier alpha value is -2.11. The molecule has 0 fully saturated rings. The number of pyridine rings is 1. The number of nitrogens with two attached hydrogens (primary N) is 1. The van der Waals surface area contributed by atoms with Gasteiger partial charge < -0.3 is 0 Å². The molecule has 1 aromatic carbocycles. The van der Waals surface area contributed by atoms with Crippen LogP contribution in [-0.4, -0.2) is 21.8 Å². The van der Waals surface area contributed by atoms with Gasteiger partial charge in [0.05, 0.1) is 20.4 Å². The molecule has 0 radical (unpaired) electrons. The summed E-state index contributed by atoms with van der Waals surface area (Å²) >= 11 is 1.55. The molecule has 10 heteroatoms. The van der Waals surface area contributed by atoms with Crippen molar-refractivity contribution in [2.75, 3.05) is 0 Å². The van der Waals surface area contributed by atoms with Crippen LogP contribution in [0, 0.1) is 0 Å². The molecule has 2 heterocycles. The summed E-state index contributed by atoms with van der Waals surface area (Å²) < 4.78 is 49.7. The number of aromatic nitrogens is 1. The predicted octanol–water partition coefficient (Wildman–Crippen LogP) is 1.94. The number of hydrogen-bond acceptors (Lipinski definition) is 6. The van der Waals surface area contributed by atoms with E-state index < -0.39 is 20.0 Å². The Labute approximate surface area is 155 Å². The first-order valence-electron chi connectivity index (χ1n) is 7.37. The third-order valence-corrected chi connectivity index (χ3v) is 6.77. The topological polar surface area (TPSA) is 119 Å². The minimum absolute atomic E-state index is 0.0440. The van der Waals surface area contributed by atoms with Crippen molar-refractivity contribution in [1.29, 1.82) is 0 Å². The lowest BCUT2D eigenvalue weighted by molar-refractivity contribution is 0.580. The molecular weight excluding hydrogens is 394 g/mol. The summed E-state index contributed by atoms with van der Waals surface area (Å²) in [6, 6.07) is 12.1. The maximum absolute atomic E-state index is 12.4. The number of primary sulfonamides is 1. The van der Waals surface area contributed by atoms with Gasteiger partial charge in [-0.2, -0.15) is 0 Å².